The van der Waals surface area contributed by atoms with Crippen LogP contribution in [0.25, 0.3) is 0 Å². The van der Waals surface area contributed by atoms with Crippen molar-refractivity contribution in [2.75, 3.05) is 13.2 Å². The molecular weight excluding hydrogens is 216 g/mol. The number of rotatable bonds is 6. The van der Waals surface area contributed by atoms with E-state index in [9.17, 15) is 5.11 Å². The molecule has 0 saturated heterocycles. The van der Waals surface area contributed by atoms with Crippen molar-refractivity contribution in [3.63, 3.8) is 0 Å². The summed E-state index contributed by atoms with van der Waals surface area (Å²) in [4.78, 5) is 0. The Morgan fingerprint density at radius 2 is 2.12 bits per heavy atom. The second-order valence-corrected chi connectivity index (χ2v) is 4.37. The predicted molar refractivity (Wildman–Crippen MR) is 66.2 cm³/mol. The summed E-state index contributed by atoms with van der Waals surface area (Å²) in [5.74, 6) is 0.750. The lowest BCUT2D eigenvalue weighted by molar-refractivity contribution is -0.0432. The van der Waals surface area contributed by atoms with Crippen LogP contribution in [0.3, 0.4) is 0 Å². The molecule has 17 heavy (non-hydrogen) atoms. The number of ether oxygens (including phenoxy) is 2. The van der Waals surface area contributed by atoms with Crippen molar-refractivity contribution < 1.29 is 14.6 Å². The van der Waals surface area contributed by atoms with Gasteiger partial charge in [-0.3, -0.25) is 0 Å². The van der Waals surface area contributed by atoms with E-state index in [0.29, 0.717) is 19.3 Å². The van der Waals surface area contributed by atoms with Gasteiger partial charge in [0.1, 0.15) is 11.9 Å². The Labute approximate surface area is 102 Å². The van der Waals surface area contributed by atoms with Gasteiger partial charge in [-0.2, -0.15) is 0 Å². The summed E-state index contributed by atoms with van der Waals surface area (Å²) in [7, 11) is 0. The van der Waals surface area contributed by atoms with Gasteiger partial charge in [0.05, 0.1) is 19.3 Å². The van der Waals surface area contributed by atoms with Crippen LogP contribution in [0.15, 0.2) is 24.3 Å². The molecule has 1 saturated carbocycles. The predicted octanol–water partition coefficient (Wildman–Crippen LogP) is 2.69. The van der Waals surface area contributed by atoms with E-state index < -0.39 is 6.10 Å². The molecule has 1 unspecified atom stereocenters. The number of benzene rings is 1. The molecule has 1 atom stereocenters. The van der Waals surface area contributed by atoms with Gasteiger partial charge in [-0.15, -0.1) is 0 Å². The Balaban J connectivity index is 1.93. The maximum atomic E-state index is 10.1. The first-order valence-corrected chi connectivity index (χ1v) is 6.32. The summed E-state index contributed by atoms with van der Waals surface area (Å²) in [6, 6.07) is 7.59. The number of hydrogen-bond acceptors (Lipinski definition) is 3. The van der Waals surface area contributed by atoms with Crippen molar-refractivity contribution in [2.45, 2.75) is 38.4 Å². The van der Waals surface area contributed by atoms with Gasteiger partial charge in [-0.1, -0.05) is 18.2 Å². The molecule has 0 radical (unpaired) electrons. The Morgan fingerprint density at radius 3 is 2.76 bits per heavy atom. The summed E-state index contributed by atoms with van der Waals surface area (Å²) in [5.41, 5.74) is 0.814. The number of aliphatic hydroxyl groups is 1. The lowest BCUT2D eigenvalue weighted by Crippen LogP contribution is -2.24. The van der Waals surface area contributed by atoms with Crippen LogP contribution in [0.1, 0.15) is 37.9 Å². The van der Waals surface area contributed by atoms with Crippen LogP contribution in [0.4, 0.5) is 0 Å². The van der Waals surface area contributed by atoms with E-state index in [1.807, 2.05) is 31.2 Å². The van der Waals surface area contributed by atoms with E-state index in [1.165, 1.54) is 6.42 Å². The molecule has 1 N–H and O–H groups in total. The molecule has 0 aromatic heterocycles. The average Bonchev–Trinajstić information content (AvgIpc) is 2.28. The minimum Gasteiger partial charge on any atom is -0.493 e. The highest BCUT2D eigenvalue weighted by atomic mass is 16.5. The normalized spacial score (nSPS) is 17.5. The quantitative estimate of drug-likeness (QED) is 0.825. The highest BCUT2D eigenvalue weighted by Crippen LogP contribution is 2.28. The molecule has 0 heterocycles. The van der Waals surface area contributed by atoms with Crippen molar-refractivity contribution in [1.29, 1.82) is 0 Å². The van der Waals surface area contributed by atoms with E-state index in [4.69, 9.17) is 9.47 Å². The Morgan fingerprint density at radius 1 is 1.35 bits per heavy atom. The van der Waals surface area contributed by atoms with Crippen LogP contribution < -0.4 is 4.74 Å². The van der Waals surface area contributed by atoms with Gasteiger partial charge in [0.25, 0.3) is 0 Å². The number of hydrogen-bond donors (Lipinski definition) is 1. The lowest BCUT2D eigenvalue weighted by atomic mass is 9.96. The molecular formula is C14H20O3. The third-order valence-corrected chi connectivity index (χ3v) is 3.12. The highest BCUT2D eigenvalue weighted by Gasteiger charge is 2.20. The third kappa shape index (κ3) is 3.20. The summed E-state index contributed by atoms with van der Waals surface area (Å²) in [5, 5.41) is 10.1. The molecule has 0 bridgehead atoms. The zero-order valence-electron chi connectivity index (χ0n) is 10.3. The average molecular weight is 236 g/mol. The minimum atomic E-state index is -0.599. The van der Waals surface area contributed by atoms with E-state index in [-0.39, 0.29) is 0 Å². The Bertz CT molecular complexity index is 347. The molecule has 0 amide bonds. The van der Waals surface area contributed by atoms with Crippen molar-refractivity contribution in [1.82, 2.24) is 0 Å². The maximum Gasteiger partial charge on any atom is 0.125 e. The topological polar surface area (TPSA) is 38.7 Å². The first-order chi connectivity index (χ1) is 8.31. The van der Waals surface area contributed by atoms with Crippen LogP contribution in [0, 0.1) is 0 Å². The van der Waals surface area contributed by atoms with Crippen LogP contribution in [0.5, 0.6) is 5.75 Å². The Kier molecular flexibility index (Phi) is 4.40. The molecule has 2 rings (SSSR count). The first kappa shape index (κ1) is 12.4. The van der Waals surface area contributed by atoms with Crippen molar-refractivity contribution in [3.8, 4) is 5.75 Å². The van der Waals surface area contributed by atoms with Crippen molar-refractivity contribution in [3.05, 3.63) is 29.8 Å². The fourth-order valence-electron chi connectivity index (χ4n) is 1.90. The van der Waals surface area contributed by atoms with Crippen LogP contribution in [0.2, 0.25) is 0 Å². The van der Waals surface area contributed by atoms with Gasteiger partial charge in [0.2, 0.25) is 0 Å². The zero-order chi connectivity index (χ0) is 12.1. The monoisotopic (exact) mass is 236 g/mol. The van der Waals surface area contributed by atoms with E-state index >= 15 is 0 Å². The maximum absolute atomic E-state index is 10.1. The molecule has 1 fully saturated rings. The number of para-hydroxylation sites is 1. The van der Waals surface area contributed by atoms with Gasteiger partial charge in [0.15, 0.2) is 0 Å². The first-order valence-electron chi connectivity index (χ1n) is 6.32. The molecule has 1 aliphatic carbocycles. The van der Waals surface area contributed by atoms with Crippen LogP contribution >= 0.6 is 0 Å². The third-order valence-electron chi connectivity index (χ3n) is 3.12. The van der Waals surface area contributed by atoms with E-state index in [0.717, 1.165) is 24.2 Å². The van der Waals surface area contributed by atoms with Gasteiger partial charge in [-0.05, 0) is 32.3 Å². The van der Waals surface area contributed by atoms with Gasteiger partial charge < -0.3 is 14.6 Å². The fourth-order valence-corrected chi connectivity index (χ4v) is 1.90. The van der Waals surface area contributed by atoms with E-state index in [2.05, 4.69) is 0 Å². The van der Waals surface area contributed by atoms with E-state index in [1.54, 1.807) is 0 Å². The van der Waals surface area contributed by atoms with Gasteiger partial charge in [0, 0.05) is 5.56 Å². The molecule has 1 aliphatic rings. The van der Waals surface area contributed by atoms with Crippen molar-refractivity contribution >= 4 is 0 Å². The summed E-state index contributed by atoms with van der Waals surface area (Å²) in [6.07, 6.45) is 3.25. The van der Waals surface area contributed by atoms with Crippen LogP contribution in [-0.4, -0.2) is 24.4 Å². The zero-order valence-corrected chi connectivity index (χ0v) is 10.3. The molecule has 1 aromatic rings. The molecule has 1 aromatic carbocycles. The standard InChI is InChI=1S/C14H20O3/c1-2-16-14-9-4-3-8-12(14)13(15)10-17-11-6-5-7-11/h3-4,8-9,11,13,15H,2,5-7,10H2,1H3. The Hall–Kier alpha value is -1.06. The van der Waals surface area contributed by atoms with Crippen molar-refractivity contribution in [2.24, 2.45) is 0 Å². The van der Waals surface area contributed by atoms with Crippen LogP contribution in [-0.2, 0) is 4.74 Å². The molecule has 3 nitrogen and oxygen atoms in total. The van der Waals surface area contributed by atoms with Gasteiger partial charge in [-0.25, -0.2) is 0 Å². The number of aliphatic hydroxyl groups excluding tert-OH is 1. The summed E-state index contributed by atoms with van der Waals surface area (Å²) < 4.78 is 11.1. The lowest BCUT2D eigenvalue weighted by Gasteiger charge is -2.27. The summed E-state index contributed by atoms with van der Waals surface area (Å²) >= 11 is 0. The minimum absolute atomic E-state index is 0.351. The molecule has 0 spiro atoms. The second kappa shape index (κ2) is 6.03. The highest BCUT2D eigenvalue weighted by molar-refractivity contribution is 5.35. The molecule has 94 valence electrons. The molecule has 3 heteroatoms. The molecule has 0 aliphatic heterocycles. The largest absolute Gasteiger partial charge is 0.493 e. The summed E-state index contributed by atoms with van der Waals surface area (Å²) in [6.45, 7) is 2.90. The smallest absolute Gasteiger partial charge is 0.125 e. The SMILES string of the molecule is CCOc1ccccc1C(O)COC1CCC1. The second-order valence-electron chi connectivity index (χ2n) is 4.37. The fraction of sp³-hybridized carbons (Fsp3) is 0.571. The van der Waals surface area contributed by atoms with Gasteiger partial charge >= 0.3 is 0 Å².